The number of hydrogen-bond acceptors (Lipinski definition) is 4. The molecule has 1 fully saturated rings. The molecule has 4 aromatic rings. The van der Waals surface area contributed by atoms with E-state index in [4.69, 9.17) is 4.98 Å². The summed E-state index contributed by atoms with van der Waals surface area (Å²) in [4.78, 5) is 20.6. The summed E-state index contributed by atoms with van der Waals surface area (Å²) in [5.74, 6) is 0.706. The standard InChI is InChI=1S/C26H26N4O/c1-19-17-22(29-15-9-4-10-16-29)25-23(31)18-24(28-20-11-5-2-6-12-20)30(26(25)27-19)21-13-7-3-8-14-21/h2-3,5-8,11-14,17-18,28H,4,9-10,15-16H2,1H3. The van der Waals surface area contributed by atoms with Crippen LogP contribution >= 0.6 is 0 Å². The van der Waals surface area contributed by atoms with Gasteiger partial charge in [-0.25, -0.2) is 4.98 Å². The number of piperidine rings is 1. The van der Waals surface area contributed by atoms with Gasteiger partial charge in [-0.2, -0.15) is 0 Å². The number of aryl methyl sites for hydroxylation is 1. The lowest BCUT2D eigenvalue weighted by atomic mass is 10.1. The van der Waals surface area contributed by atoms with Gasteiger partial charge in [-0.05, 0) is 56.5 Å². The third-order valence-electron chi connectivity index (χ3n) is 5.83. The number of fused-ring (bicyclic) bond motifs is 1. The fraction of sp³-hybridized carbons (Fsp3) is 0.231. The highest BCUT2D eigenvalue weighted by Crippen LogP contribution is 2.31. The lowest BCUT2D eigenvalue weighted by Crippen LogP contribution is -2.31. The Kier molecular flexibility index (Phi) is 5.16. The zero-order valence-electron chi connectivity index (χ0n) is 17.7. The summed E-state index contributed by atoms with van der Waals surface area (Å²) >= 11 is 0. The van der Waals surface area contributed by atoms with Crippen LogP contribution < -0.4 is 15.6 Å². The van der Waals surface area contributed by atoms with Gasteiger partial charge in [0.2, 0.25) is 0 Å². The van der Waals surface area contributed by atoms with Gasteiger partial charge in [-0.15, -0.1) is 0 Å². The maximum atomic E-state index is 13.4. The molecule has 5 rings (SSSR count). The van der Waals surface area contributed by atoms with Crippen molar-refractivity contribution in [3.8, 4) is 5.69 Å². The first-order valence-corrected chi connectivity index (χ1v) is 10.9. The van der Waals surface area contributed by atoms with Gasteiger partial charge in [0.05, 0.1) is 11.1 Å². The number of hydrogen-bond donors (Lipinski definition) is 1. The minimum Gasteiger partial charge on any atom is -0.371 e. The maximum Gasteiger partial charge on any atom is 0.195 e. The predicted octanol–water partition coefficient (Wildman–Crippen LogP) is 5.43. The number of pyridine rings is 2. The van der Waals surface area contributed by atoms with E-state index in [1.807, 2.05) is 67.6 Å². The van der Waals surface area contributed by atoms with E-state index in [2.05, 4.69) is 20.9 Å². The number of rotatable bonds is 4. The smallest absolute Gasteiger partial charge is 0.195 e. The van der Waals surface area contributed by atoms with Crippen LogP contribution in [0.1, 0.15) is 25.0 Å². The van der Waals surface area contributed by atoms with Gasteiger partial charge in [0.1, 0.15) is 5.82 Å². The summed E-state index contributed by atoms with van der Waals surface area (Å²) in [6.07, 6.45) is 3.56. The second-order valence-corrected chi connectivity index (χ2v) is 8.08. The van der Waals surface area contributed by atoms with Crippen LogP contribution in [0.3, 0.4) is 0 Å². The fourth-order valence-corrected chi connectivity index (χ4v) is 4.40. The van der Waals surface area contributed by atoms with E-state index >= 15 is 0 Å². The molecule has 1 aliphatic rings. The highest BCUT2D eigenvalue weighted by Gasteiger charge is 2.20. The molecule has 5 nitrogen and oxygen atoms in total. The fourth-order valence-electron chi connectivity index (χ4n) is 4.40. The number of aromatic nitrogens is 2. The zero-order valence-corrected chi connectivity index (χ0v) is 17.7. The molecule has 1 aliphatic heterocycles. The van der Waals surface area contributed by atoms with Gasteiger partial charge in [0.25, 0.3) is 0 Å². The number of nitrogens with zero attached hydrogens (tertiary/aromatic N) is 3. The van der Waals surface area contributed by atoms with Crippen molar-refractivity contribution in [2.75, 3.05) is 23.3 Å². The number of nitrogens with one attached hydrogen (secondary N) is 1. The third kappa shape index (κ3) is 3.79. The molecule has 0 spiro atoms. The van der Waals surface area contributed by atoms with Crippen molar-refractivity contribution in [1.82, 2.24) is 9.55 Å². The second-order valence-electron chi connectivity index (χ2n) is 8.08. The molecule has 0 unspecified atom stereocenters. The highest BCUT2D eigenvalue weighted by atomic mass is 16.1. The van der Waals surface area contributed by atoms with E-state index in [-0.39, 0.29) is 5.43 Å². The molecular weight excluding hydrogens is 384 g/mol. The van der Waals surface area contributed by atoms with Crippen LogP contribution in [0.2, 0.25) is 0 Å². The molecule has 156 valence electrons. The Balaban J connectivity index is 1.79. The van der Waals surface area contributed by atoms with Crippen molar-refractivity contribution >= 4 is 28.2 Å². The van der Waals surface area contributed by atoms with Gasteiger partial charge in [-0.1, -0.05) is 36.4 Å². The van der Waals surface area contributed by atoms with E-state index in [0.717, 1.165) is 48.7 Å². The molecule has 1 N–H and O–H groups in total. The van der Waals surface area contributed by atoms with Gasteiger partial charge in [-0.3, -0.25) is 9.36 Å². The molecule has 31 heavy (non-hydrogen) atoms. The summed E-state index contributed by atoms with van der Waals surface area (Å²) in [5, 5.41) is 4.12. The molecule has 0 atom stereocenters. The summed E-state index contributed by atoms with van der Waals surface area (Å²) < 4.78 is 2.06. The van der Waals surface area contributed by atoms with E-state index in [1.165, 1.54) is 6.42 Å². The Morgan fingerprint density at radius 3 is 2.26 bits per heavy atom. The van der Waals surface area contributed by atoms with Crippen LogP contribution in [0.25, 0.3) is 16.7 Å². The Labute approximate surface area is 182 Å². The molecule has 1 saturated heterocycles. The van der Waals surface area contributed by atoms with E-state index in [0.29, 0.717) is 16.9 Å². The van der Waals surface area contributed by atoms with Crippen molar-refractivity contribution in [1.29, 1.82) is 0 Å². The summed E-state index contributed by atoms with van der Waals surface area (Å²) in [5.41, 5.74) is 4.49. The van der Waals surface area contributed by atoms with E-state index in [1.54, 1.807) is 6.07 Å². The molecule has 2 aromatic carbocycles. The van der Waals surface area contributed by atoms with Gasteiger partial charge in [0, 0.05) is 36.2 Å². The second kappa shape index (κ2) is 8.26. The molecule has 0 saturated carbocycles. The molecule has 2 aromatic heterocycles. The van der Waals surface area contributed by atoms with Crippen LogP contribution in [0.4, 0.5) is 17.2 Å². The molecule has 3 heterocycles. The first-order valence-electron chi connectivity index (χ1n) is 10.9. The van der Waals surface area contributed by atoms with Gasteiger partial charge >= 0.3 is 0 Å². The molecule has 0 bridgehead atoms. The number of para-hydroxylation sites is 2. The first-order chi connectivity index (χ1) is 15.2. The average Bonchev–Trinajstić information content (AvgIpc) is 2.80. The lowest BCUT2D eigenvalue weighted by molar-refractivity contribution is 0.578. The van der Waals surface area contributed by atoms with Gasteiger partial charge in [0.15, 0.2) is 11.1 Å². The van der Waals surface area contributed by atoms with Crippen molar-refractivity contribution in [2.45, 2.75) is 26.2 Å². The van der Waals surface area contributed by atoms with Crippen molar-refractivity contribution in [3.63, 3.8) is 0 Å². The Morgan fingerprint density at radius 2 is 1.55 bits per heavy atom. The van der Waals surface area contributed by atoms with Crippen LogP contribution in [0.15, 0.2) is 77.6 Å². The number of anilines is 3. The first kappa shape index (κ1) is 19.4. The van der Waals surface area contributed by atoms with Crippen LogP contribution in [-0.4, -0.2) is 22.6 Å². The summed E-state index contributed by atoms with van der Waals surface area (Å²) in [6, 6.07) is 23.8. The normalized spacial score (nSPS) is 14.0. The van der Waals surface area contributed by atoms with Crippen LogP contribution in [0.5, 0.6) is 0 Å². The molecule has 0 amide bonds. The molecular formula is C26H26N4O. The van der Waals surface area contributed by atoms with Crippen molar-refractivity contribution < 1.29 is 0 Å². The largest absolute Gasteiger partial charge is 0.371 e. The topological polar surface area (TPSA) is 50.2 Å². The summed E-state index contributed by atoms with van der Waals surface area (Å²) in [6.45, 7) is 3.96. The SMILES string of the molecule is Cc1cc(N2CCCCC2)c2c(=O)cc(Nc3ccccc3)n(-c3ccccc3)c2n1. The Hall–Kier alpha value is -3.60. The van der Waals surface area contributed by atoms with Gasteiger partial charge < -0.3 is 10.2 Å². The van der Waals surface area contributed by atoms with Crippen LogP contribution in [0, 0.1) is 6.92 Å². The molecule has 0 aliphatic carbocycles. The molecule has 5 heteroatoms. The van der Waals surface area contributed by atoms with Crippen molar-refractivity contribution in [2.24, 2.45) is 0 Å². The van der Waals surface area contributed by atoms with E-state index < -0.39 is 0 Å². The van der Waals surface area contributed by atoms with Crippen molar-refractivity contribution in [3.05, 3.63) is 88.7 Å². The quantitative estimate of drug-likeness (QED) is 0.487. The highest BCUT2D eigenvalue weighted by molar-refractivity contribution is 5.92. The van der Waals surface area contributed by atoms with Crippen LogP contribution in [-0.2, 0) is 0 Å². The zero-order chi connectivity index (χ0) is 21.2. The average molecular weight is 411 g/mol. The number of benzene rings is 2. The summed E-state index contributed by atoms with van der Waals surface area (Å²) in [7, 11) is 0. The van der Waals surface area contributed by atoms with E-state index in [9.17, 15) is 4.79 Å². The minimum absolute atomic E-state index is 0.00585. The molecule has 0 radical (unpaired) electrons. The Morgan fingerprint density at radius 1 is 0.871 bits per heavy atom. The predicted molar refractivity (Wildman–Crippen MR) is 128 cm³/mol. The third-order valence-corrected chi connectivity index (χ3v) is 5.83. The maximum absolute atomic E-state index is 13.4. The minimum atomic E-state index is -0.00585. The monoisotopic (exact) mass is 410 g/mol. The Bertz CT molecular complexity index is 1260. The lowest BCUT2D eigenvalue weighted by Gasteiger charge is -2.30.